The number of benzene rings is 1. The van der Waals surface area contributed by atoms with Crippen molar-refractivity contribution in [3.63, 3.8) is 0 Å². The van der Waals surface area contributed by atoms with E-state index >= 15 is 0 Å². The highest BCUT2D eigenvalue weighted by molar-refractivity contribution is 6.16. The Kier molecular flexibility index (Phi) is 3.09. The third-order valence-electron chi connectivity index (χ3n) is 4.69. The zero-order valence-corrected chi connectivity index (χ0v) is 12.7. The van der Waals surface area contributed by atoms with Gasteiger partial charge in [-0.05, 0) is 48.8 Å². The molecule has 0 aliphatic heterocycles. The highest BCUT2D eigenvalue weighted by atomic mass is 35.5. The Morgan fingerprint density at radius 3 is 2.68 bits per heavy atom. The normalized spacial score (nSPS) is 17.3. The number of aromatic nitrogens is 2. The van der Waals surface area contributed by atoms with Crippen LogP contribution in [0.2, 0.25) is 0 Å². The van der Waals surface area contributed by atoms with E-state index in [1.165, 1.54) is 23.9 Å². The summed E-state index contributed by atoms with van der Waals surface area (Å²) in [4.78, 5) is 4.69. The summed E-state index contributed by atoms with van der Waals surface area (Å²) in [6, 6.07) is 6.49. The summed E-state index contributed by atoms with van der Waals surface area (Å²) in [5.74, 6) is 2.22. The van der Waals surface area contributed by atoms with E-state index in [1.54, 1.807) is 0 Å². The lowest BCUT2D eigenvalue weighted by atomic mass is 9.92. The van der Waals surface area contributed by atoms with E-state index in [4.69, 9.17) is 16.6 Å². The van der Waals surface area contributed by atoms with Crippen LogP contribution in [0.4, 0.5) is 0 Å². The average molecular weight is 277 g/mol. The summed E-state index contributed by atoms with van der Waals surface area (Å²) >= 11 is 6.09. The number of imidazole rings is 1. The van der Waals surface area contributed by atoms with Gasteiger partial charge in [-0.2, -0.15) is 0 Å². The summed E-state index contributed by atoms with van der Waals surface area (Å²) in [6.45, 7) is 7.83. The lowest BCUT2D eigenvalue weighted by molar-refractivity contribution is 0.309. The van der Waals surface area contributed by atoms with Crippen molar-refractivity contribution in [3.8, 4) is 0 Å². The van der Waals surface area contributed by atoms with Crippen LogP contribution in [-0.2, 0) is 12.4 Å². The lowest BCUT2D eigenvalue weighted by Crippen LogP contribution is -2.19. The second-order valence-corrected chi connectivity index (χ2v) is 6.52. The molecule has 0 N–H and O–H groups in total. The number of aryl methyl sites for hydroxylation is 1. The highest BCUT2D eigenvalue weighted by Crippen LogP contribution is 2.53. The fourth-order valence-electron chi connectivity index (χ4n) is 2.96. The largest absolute Gasteiger partial charge is 0.326 e. The van der Waals surface area contributed by atoms with Crippen LogP contribution < -0.4 is 0 Å². The number of hydrogen-bond acceptors (Lipinski definition) is 1. The maximum Gasteiger partial charge on any atom is 0.124 e. The minimum atomic E-state index is 0.472. The van der Waals surface area contributed by atoms with Crippen molar-refractivity contribution in [2.45, 2.75) is 46.0 Å². The van der Waals surface area contributed by atoms with Crippen molar-refractivity contribution in [1.82, 2.24) is 9.55 Å². The molecule has 1 saturated carbocycles. The number of hydrogen-bond donors (Lipinski definition) is 0. The minimum absolute atomic E-state index is 0.472. The monoisotopic (exact) mass is 276 g/mol. The third kappa shape index (κ3) is 2.16. The first-order valence-electron chi connectivity index (χ1n) is 7.07. The van der Waals surface area contributed by atoms with Gasteiger partial charge in [0.25, 0.3) is 0 Å². The van der Waals surface area contributed by atoms with E-state index in [2.05, 4.69) is 43.5 Å². The molecule has 1 aromatic heterocycles. The van der Waals surface area contributed by atoms with Crippen LogP contribution >= 0.6 is 11.6 Å². The SMILES string of the molecule is Cc1ccc2c(c1)nc(CCl)n2CC1(C(C)C)CC1. The van der Waals surface area contributed by atoms with Crippen molar-refractivity contribution in [2.24, 2.45) is 11.3 Å². The van der Waals surface area contributed by atoms with Gasteiger partial charge in [-0.15, -0.1) is 11.6 Å². The third-order valence-corrected chi connectivity index (χ3v) is 4.93. The second-order valence-electron chi connectivity index (χ2n) is 6.26. The molecule has 1 aromatic carbocycles. The lowest BCUT2D eigenvalue weighted by Gasteiger charge is -2.21. The van der Waals surface area contributed by atoms with Gasteiger partial charge in [-0.1, -0.05) is 19.9 Å². The zero-order valence-electron chi connectivity index (χ0n) is 11.9. The first-order valence-corrected chi connectivity index (χ1v) is 7.61. The smallest absolute Gasteiger partial charge is 0.124 e. The number of fused-ring (bicyclic) bond motifs is 1. The van der Waals surface area contributed by atoms with Gasteiger partial charge in [-0.3, -0.25) is 0 Å². The zero-order chi connectivity index (χ0) is 13.6. The molecule has 0 amide bonds. The molecule has 1 fully saturated rings. The Balaban J connectivity index is 2.06. The van der Waals surface area contributed by atoms with Gasteiger partial charge < -0.3 is 4.57 Å². The molecule has 1 aliphatic carbocycles. The molecule has 3 rings (SSSR count). The number of nitrogens with zero attached hydrogens (tertiary/aromatic N) is 2. The van der Waals surface area contributed by atoms with Gasteiger partial charge in [0.15, 0.2) is 0 Å². The quantitative estimate of drug-likeness (QED) is 0.751. The molecule has 1 aliphatic rings. The van der Waals surface area contributed by atoms with Crippen LogP contribution in [0.15, 0.2) is 18.2 Å². The van der Waals surface area contributed by atoms with E-state index < -0.39 is 0 Å². The Labute approximate surface area is 119 Å². The van der Waals surface area contributed by atoms with Crippen molar-refractivity contribution in [2.75, 3.05) is 0 Å². The number of halogens is 1. The minimum Gasteiger partial charge on any atom is -0.326 e. The van der Waals surface area contributed by atoms with Gasteiger partial charge in [0.1, 0.15) is 5.82 Å². The van der Waals surface area contributed by atoms with Gasteiger partial charge >= 0.3 is 0 Å². The fourth-order valence-corrected chi connectivity index (χ4v) is 3.17. The van der Waals surface area contributed by atoms with Crippen molar-refractivity contribution >= 4 is 22.6 Å². The molecule has 2 nitrogen and oxygen atoms in total. The number of alkyl halides is 1. The standard InChI is InChI=1S/C16H21ClN2/c1-11(2)16(6-7-16)10-19-14-5-4-12(3)8-13(14)18-15(19)9-17/h4-5,8,11H,6-7,9-10H2,1-3H3. The van der Waals surface area contributed by atoms with E-state index in [-0.39, 0.29) is 0 Å². The van der Waals surface area contributed by atoms with Crippen molar-refractivity contribution in [1.29, 1.82) is 0 Å². The molecule has 2 aromatic rings. The Morgan fingerprint density at radius 2 is 2.11 bits per heavy atom. The van der Waals surface area contributed by atoms with Crippen LogP contribution in [0.25, 0.3) is 11.0 Å². The Bertz CT molecular complexity index is 608. The van der Waals surface area contributed by atoms with E-state index in [1.807, 2.05) is 0 Å². The molecular weight excluding hydrogens is 256 g/mol. The molecule has 0 unspecified atom stereocenters. The molecule has 0 bridgehead atoms. The highest BCUT2D eigenvalue weighted by Gasteiger charge is 2.45. The van der Waals surface area contributed by atoms with Gasteiger partial charge in [0, 0.05) is 6.54 Å². The molecule has 1 heterocycles. The van der Waals surface area contributed by atoms with Crippen LogP contribution in [-0.4, -0.2) is 9.55 Å². The summed E-state index contributed by atoms with van der Waals surface area (Å²) in [5, 5.41) is 0. The van der Waals surface area contributed by atoms with Gasteiger partial charge in [0.05, 0.1) is 16.9 Å². The van der Waals surface area contributed by atoms with Crippen molar-refractivity contribution < 1.29 is 0 Å². The predicted molar refractivity (Wildman–Crippen MR) is 80.5 cm³/mol. The van der Waals surface area contributed by atoms with Crippen LogP contribution in [0, 0.1) is 18.3 Å². The van der Waals surface area contributed by atoms with Gasteiger partial charge in [-0.25, -0.2) is 4.98 Å². The summed E-state index contributed by atoms with van der Waals surface area (Å²) in [6.07, 6.45) is 2.66. The molecule has 102 valence electrons. The Hall–Kier alpha value is -1.02. The maximum absolute atomic E-state index is 6.09. The second kappa shape index (κ2) is 4.52. The molecular formula is C16H21ClN2. The molecule has 0 atom stereocenters. The molecule has 0 radical (unpaired) electrons. The van der Waals surface area contributed by atoms with E-state index in [9.17, 15) is 0 Å². The topological polar surface area (TPSA) is 17.8 Å². The summed E-state index contributed by atoms with van der Waals surface area (Å²) in [5.41, 5.74) is 4.03. The van der Waals surface area contributed by atoms with Crippen LogP contribution in [0.3, 0.4) is 0 Å². The molecule has 3 heteroatoms. The average Bonchev–Trinajstić information content (AvgIpc) is 3.08. The maximum atomic E-state index is 6.09. The van der Waals surface area contributed by atoms with Crippen LogP contribution in [0.1, 0.15) is 38.1 Å². The van der Waals surface area contributed by atoms with E-state index in [0.29, 0.717) is 11.3 Å². The molecule has 19 heavy (non-hydrogen) atoms. The summed E-state index contributed by atoms with van der Waals surface area (Å²) in [7, 11) is 0. The molecule has 0 saturated heterocycles. The molecule has 0 spiro atoms. The van der Waals surface area contributed by atoms with Gasteiger partial charge in [0.2, 0.25) is 0 Å². The predicted octanol–water partition coefficient (Wildman–Crippen LogP) is 4.52. The first-order chi connectivity index (χ1) is 9.05. The van der Waals surface area contributed by atoms with E-state index in [0.717, 1.165) is 23.8 Å². The van der Waals surface area contributed by atoms with Crippen LogP contribution in [0.5, 0.6) is 0 Å². The van der Waals surface area contributed by atoms with Crippen molar-refractivity contribution in [3.05, 3.63) is 29.6 Å². The Morgan fingerprint density at radius 1 is 1.37 bits per heavy atom. The summed E-state index contributed by atoms with van der Waals surface area (Å²) < 4.78 is 2.34. The first kappa shape index (κ1) is 13.0. The number of rotatable bonds is 4. The fraction of sp³-hybridized carbons (Fsp3) is 0.562.